The van der Waals surface area contributed by atoms with Gasteiger partial charge < -0.3 is 29.8 Å². The van der Waals surface area contributed by atoms with E-state index in [0.717, 1.165) is 11.0 Å². The van der Waals surface area contributed by atoms with Crippen LogP contribution in [0.1, 0.15) is 20.7 Å². The number of aromatic amines is 2. The maximum absolute atomic E-state index is 10.5. The Morgan fingerprint density at radius 1 is 0.680 bits per heavy atom. The Morgan fingerprint density at radius 2 is 1.04 bits per heavy atom. The number of rotatable bonds is 2. The van der Waals surface area contributed by atoms with Crippen LogP contribution in [0.5, 0.6) is 0 Å². The number of nitrogens with one attached hydrogen (secondary N) is 2. The first-order valence-corrected chi connectivity index (χ1v) is 7.13. The van der Waals surface area contributed by atoms with Crippen molar-refractivity contribution in [2.75, 3.05) is 0 Å². The molecule has 0 aliphatic heterocycles. The Balaban J connectivity index is 0.000000173. The van der Waals surface area contributed by atoms with Gasteiger partial charge >= 0.3 is 19.5 Å². The molecule has 2 heterocycles. The minimum absolute atomic E-state index is 0. The average molecular weight is 386 g/mol. The second-order valence-corrected chi connectivity index (χ2v) is 5.07. The number of para-hydroxylation sites is 2. The van der Waals surface area contributed by atoms with E-state index in [9.17, 15) is 19.8 Å². The van der Waals surface area contributed by atoms with E-state index in [-0.39, 0.29) is 30.6 Å². The van der Waals surface area contributed by atoms with Gasteiger partial charge in [-0.05, 0) is 12.1 Å². The Bertz CT molecular complexity index is 952. The fourth-order valence-corrected chi connectivity index (χ4v) is 2.48. The predicted octanol–water partition coefficient (Wildman–Crippen LogP) is 1.06. The molecule has 0 radical (unpaired) electrons. The van der Waals surface area contributed by atoms with Crippen LogP contribution in [0, 0.1) is 0 Å². The van der Waals surface area contributed by atoms with Gasteiger partial charge in [0.05, 0.1) is 11.9 Å². The Kier molecular flexibility index (Phi) is 5.73. The van der Waals surface area contributed by atoms with E-state index in [0.29, 0.717) is 10.8 Å². The smallest absolute Gasteiger partial charge is 0.545 e. The van der Waals surface area contributed by atoms with E-state index in [4.69, 9.17) is 0 Å². The Labute approximate surface area is 155 Å². The van der Waals surface area contributed by atoms with Crippen molar-refractivity contribution in [2.24, 2.45) is 0 Å². The average Bonchev–Trinajstić information content (AvgIpc) is 3.19. The van der Waals surface area contributed by atoms with Gasteiger partial charge in [0.1, 0.15) is 0 Å². The van der Waals surface area contributed by atoms with E-state index in [1.54, 1.807) is 24.3 Å². The molecule has 0 spiro atoms. The molecule has 0 saturated heterocycles. The van der Waals surface area contributed by atoms with Gasteiger partial charge in [0.15, 0.2) is 0 Å². The molecule has 2 aromatic carbocycles. The number of H-pyrrole nitrogens is 2. The van der Waals surface area contributed by atoms with Gasteiger partial charge in [-0.2, -0.15) is 0 Å². The number of aromatic nitrogens is 2. The standard InChI is InChI=1S/2C9H7NO2.Zn/c2*11-9(12)7-5-10-8-4-2-1-3-6(7)8;/h2*1-5,10H,(H,11,12);/q;;+2/p-2. The van der Waals surface area contributed by atoms with Crippen LogP contribution in [-0.4, -0.2) is 21.9 Å². The van der Waals surface area contributed by atoms with Gasteiger partial charge in [0.2, 0.25) is 0 Å². The molecular weight excluding hydrogens is 374 g/mol. The molecular formula is C18H12N2O4Zn. The summed E-state index contributed by atoms with van der Waals surface area (Å²) in [6.07, 6.45) is 2.89. The number of carbonyl (C=O) groups excluding carboxylic acids is 2. The van der Waals surface area contributed by atoms with E-state index < -0.39 is 11.9 Å². The fraction of sp³-hybridized carbons (Fsp3) is 0. The van der Waals surface area contributed by atoms with Crippen molar-refractivity contribution in [3.8, 4) is 0 Å². The molecule has 4 rings (SSSR count). The van der Waals surface area contributed by atoms with Gasteiger partial charge in [0, 0.05) is 45.3 Å². The third-order valence-corrected chi connectivity index (χ3v) is 3.62. The number of carboxylic acids is 2. The Morgan fingerprint density at radius 3 is 1.40 bits per heavy atom. The van der Waals surface area contributed by atoms with Gasteiger partial charge in [-0.15, -0.1) is 0 Å². The molecule has 25 heavy (non-hydrogen) atoms. The zero-order chi connectivity index (χ0) is 17.1. The second kappa shape index (κ2) is 7.77. The van der Waals surface area contributed by atoms with Gasteiger partial charge in [-0.1, -0.05) is 36.4 Å². The quantitative estimate of drug-likeness (QED) is 0.502. The van der Waals surface area contributed by atoms with Crippen LogP contribution in [0.15, 0.2) is 60.9 Å². The largest absolute Gasteiger partial charge is 2.00 e. The Hall–Kier alpha value is -2.92. The van der Waals surface area contributed by atoms with Crippen molar-refractivity contribution in [1.82, 2.24) is 9.97 Å². The topological polar surface area (TPSA) is 112 Å². The number of hydrogen-bond donors (Lipinski definition) is 2. The van der Waals surface area contributed by atoms with Crippen LogP contribution in [-0.2, 0) is 19.5 Å². The molecule has 2 aromatic heterocycles. The normalized spacial score (nSPS) is 9.92. The summed E-state index contributed by atoms with van der Waals surface area (Å²) in [5.41, 5.74) is 2.06. The van der Waals surface area contributed by atoms with Crippen molar-refractivity contribution >= 4 is 33.7 Å². The second-order valence-electron chi connectivity index (χ2n) is 5.07. The predicted molar refractivity (Wildman–Crippen MR) is 85.3 cm³/mol. The molecule has 4 aromatic rings. The summed E-state index contributed by atoms with van der Waals surface area (Å²) in [5, 5.41) is 22.5. The first-order valence-electron chi connectivity index (χ1n) is 7.13. The number of carbonyl (C=O) groups is 2. The SMILES string of the molecule is O=C([O-])c1c[nH]c2ccccc12.O=C([O-])c1c[nH]c2ccccc12.[Zn+2]. The molecule has 6 nitrogen and oxygen atoms in total. The van der Waals surface area contributed by atoms with Gasteiger partial charge in [0.25, 0.3) is 0 Å². The first-order chi connectivity index (χ1) is 11.6. The van der Waals surface area contributed by atoms with E-state index in [1.165, 1.54) is 12.4 Å². The molecule has 0 amide bonds. The monoisotopic (exact) mass is 384 g/mol. The van der Waals surface area contributed by atoms with Crippen molar-refractivity contribution < 1.29 is 39.3 Å². The summed E-state index contributed by atoms with van der Waals surface area (Å²) in [6.45, 7) is 0. The number of aromatic carboxylic acids is 2. The molecule has 120 valence electrons. The molecule has 7 heteroatoms. The number of fused-ring (bicyclic) bond motifs is 2. The molecule has 0 aliphatic rings. The fourth-order valence-electron chi connectivity index (χ4n) is 2.48. The molecule has 2 N–H and O–H groups in total. The minimum atomic E-state index is -1.15. The molecule has 0 saturated carbocycles. The maximum Gasteiger partial charge on any atom is 2.00 e. The minimum Gasteiger partial charge on any atom is -0.545 e. The number of hydrogen-bond acceptors (Lipinski definition) is 4. The maximum atomic E-state index is 10.5. The van der Waals surface area contributed by atoms with E-state index in [1.807, 2.05) is 24.3 Å². The summed E-state index contributed by atoms with van der Waals surface area (Å²) in [5.74, 6) is -2.29. The van der Waals surface area contributed by atoms with Gasteiger partial charge in [-0.25, -0.2) is 0 Å². The van der Waals surface area contributed by atoms with Gasteiger partial charge in [-0.3, -0.25) is 0 Å². The van der Waals surface area contributed by atoms with Crippen LogP contribution in [0.25, 0.3) is 21.8 Å². The summed E-state index contributed by atoms with van der Waals surface area (Å²) < 4.78 is 0. The van der Waals surface area contributed by atoms with Crippen molar-refractivity contribution in [1.29, 1.82) is 0 Å². The molecule has 0 unspecified atom stereocenters. The van der Waals surface area contributed by atoms with Crippen molar-refractivity contribution in [2.45, 2.75) is 0 Å². The zero-order valence-electron chi connectivity index (χ0n) is 13.1. The number of carboxylic acid groups (broad SMARTS) is 2. The zero-order valence-corrected chi connectivity index (χ0v) is 16.1. The van der Waals surface area contributed by atoms with E-state index >= 15 is 0 Å². The van der Waals surface area contributed by atoms with Crippen LogP contribution >= 0.6 is 0 Å². The number of benzene rings is 2. The van der Waals surface area contributed by atoms with Crippen LogP contribution < -0.4 is 10.2 Å². The summed E-state index contributed by atoms with van der Waals surface area (Å²) in [7, 11) is 0. The molecule has 0 atom stereocenters. The summed E-state index contributed by atoms with van der Waals surface area (Å²) in [6, 6.07) is 14.4. The first kappa shape index (κ1) is 18.4. The third kappa shape index (κ3) is 3.78. The summed E-state index contributed by atoms with van der Waals surface area (Å²) in [4.78, 5) is 26.8. The van der Waals surface area contributed by atoms with Crippen LogP contribution in [0.2, 0.25) is 0 Å². The third-order valence-electron chi connectivity index (χ3n) is 3.62. The molecule has 0 bridgehead atoms. The van der Waals surface area contributed by atoms with E-state index in [2.05, 4.69) is 9.97 Å². The molecule has 0 fully saturated rings. The van der Waals surface area contributed by atoms with Crippen LogP contribution in [0.4, 0.5) is 0 Å². The molecule has 0 aliphatic carbocycles. The van der Waals surface area contributed by atoms with Crippen molar-refractivity contribution in [3.05, 3.63) is 72.1 Å². The van der Waals surface area contributed by atoms with Crippen molar-refractivity contribution in [3.63, 3.8) is 0 Å². The summed E-state index contributed by atoms with van der Waals surface area (Å²) >= 11 is 0. The van der Waals surface area contributed by atoms with Crippen LogP contribution in [0.3, 0.4) is 0 Å².